The summed E-state index contributed by atoms with van der Waals surface area (Å²) >= 11 is 0. The summed E-state index contributed by atoms with van der Waals surface area (Å²) in [5, 5.41) is 2.79. The Morgan fingerprint density at radius 2 is 1.59 bits per heavy atom. The number of nitrogens with one attached hydrogen (secondary N) is 1. The first kappa shape index (κ1) is 20.6. The monoisotopic (exact) mass is 389 g/mol. The van der Waals surface area contributed by atoms with Crippen molar-refractivity contribution >= 4 is 27.4 Å². The molecule has 1 N–H and O–H groups in total. The van der Waals surface area contributed by atoms with Gasteiger partial charge in [-0.3, -0.25) is 4.79 Å². The maximum Gasteiger partial charge on any atom is 0.338 e. The second-order valence-corrected chi connectivity index (χ2v) is 8.71. The molecule has 144 valence electrons. The van der Waals surface area contributed by atoms with Crippen LogP contribution >= 0.6 is 0 Å². The van der Waals surface area contributed by atoms with Gasteiger partial charge in [-0.1, -0.05) is 30.3 Å². The van der Waals surface area contributed by atoms with Crippen LogP contribution in [-0.4, -0.2) is 32.7 Å². The Morgan fingerprint density at radius 1 is 1.04 bits per heavy atom. The van der Waals surface area contributed by atoms with Gasteiger partial charge in [0.1, 0.15) is 0 Å². The number of benzene rings is 2. The molecule has 0 heterocycles. The highest BCUT2D eigenvalue weighted by molar-refractivity contribution is 7.89. The van der Waals surface area contributed by atoms with Crippen molar-refractivity contribution in [3.8, 4) is 0 Å². The molecule has 0 aliphatic rings. The number of esters is 1. The van der Waals surface area contributed by atoms with Gasteiger partial charge in [-0.25, -0.2) is 13.2 Å². The standard InChI is InChI=1S/C20H23NO5S/c1-13-6-5-7-14(2)18(13)21-19(22)15(3)26-20(23)17-10-8-16(9-11-17)12-27(4,24)25/h5-11,15H,12H2,1-4H3,(H,21,22). The van der Waals surface area contributed by atoms with Crippen molar-refractivity contribution in [1.82, 2.24) is 0 Å². The SMILES string of the molecule is Cc1cccc(C)c1NC(=O)C(C)OC(=O)c1ccc(CS(C)(=O)=O)cc1. The van der Waals surface area contributed by atoms with Gasteiger partial charge in [-0.05, 0) is 49.6 Å². The van der Waals surface area contributed by atoms with Gasteiger partial charge in [-0.2, -0.15) is 0 Å². The Hall–Kier alpha value is -2.67. The number of rotatable bonds is 6. The number of ether oxygens (including phenoxy) is 1. The number of para-hydroxylation sites is 1. The highest BCUT2D eigenvalue weighted by Gasteiger charge is 2.20. The van der Waals surface area contributed by atoms with Crippen LogP contribution in [0.2, 0.25) is 0 Å². The average molecular weight is 389 g/mol. The van der Waals surface area contributed by atoms with Crippen LogP contribution < -0.4 is 5.32 Å². The molecule has 0 saturated heterocycles. The fraction of sp³-hybridized carbons (Fsp3) is 0.300. The van der Waals surface area contributed by atoms with Crippen LogP contribution in [0.3, 0.4) is 0 Å². The van der Waals surface area contributed by atoms with Crippen molar-refractivity contribution in [2.24, 2.45) is 0 Å². The van der Waals surface area contributed by atoms with Crippen molar-refractivity contribution in [1.29, 1.82) is 0 Å². The molecule has 0 aliphatic carbocycles. The molecule has 0 aliphatic heterocycles. The molecule has 0 aromatic heterocycles. The molecule has 0 bridgehead atoms. The molecule has 2 aromatic rings. The van der Waals surface area contributed by atoms with Gasteiger partial charge in [0.15, 0.2) is 15.9 Å². The minimum absolute atomic E-state index is 0.100. The minimum atomic E-state index is -3.15. The molecule has 6 nitrogen and oxygen atoms in total. The predicted octanol–water partition coefficient (Wildman–Crippen LogP) is 3.03. The van der Waals surface area contributed by atoms with Crippen molar-refractivity contribution in [3.05, 3.63) is 64.7 Å². The maximum absolute atomic E-state index is 12.3. The molecule has 2 rings (SSSR count). The Bertz CT molecular complexity index is 929. The van der Waals surface area contributed by atoms with E-state index in [1.54, 1.807) is 12.1 Å². The van der Waals surface area contributed by atoms with E-state index in [0.29, 0.717) is 11.3 Å². The van der Waals surface area contributed by atoms with Crippen LogP contribution in [0.15, 0.2) is 42.5 Å². The molecule has 0 radical (unpaired) electrons. The molecule has 0 spiro atoms. The van der Waals surface area contributed by atoms with Crippen LogP contribution in [0.4, 0.5) is 5.69 Å². The summed E-state index contributed by atoms with van der Waals surface area (Å²) < 4.78 is 27.8. The van der Waals surface area contributed by atoms with Crippen LogP contribution in [0.5, 0.6) is 0 Å². The highest BCUT2D eigenvalue weighted by atomic mass is 32.2. The van der Waals surface area contributed by atoms with Crippen LogP contribution in [0.25, 0.3) is 0 Å². The lowest BCUT2D eigenvalue weighted by Gasteiger charge is -2.16. The Labute approximate surface area is 159 Å². The van der Waals surface area contributed by atoms with E-state index in [0.717, 1.165) is 17.4 Å². The van der Waals surface area contributed by atoms with E-state index in [9.17, 15) is 18.0 Å². The molecule has 7 heteroatoms. The van der Waals surface area contributed by atoms with Gasteiger partial charge in [0.05, 0.1) is 11.3 Å². The molecule has 1 atom stereocenters. The van der Waals surface area contributed by atoms with Crippen molar-refractivity contribution < 1.29 is 22.7 Å². The van der Waals surface area contributed by atoms with Gasteiger partial charge in [-0.15, -0.1) is 0 Å². The highest BCUT2D eigenvalue weighted by Crippen LogP contribution is 2.20. The lowest BCUT2D eigenvalue weighted by molar-refractivity contribution is -0.123. The normalized spacial score (nSPS) is 12.3. The number of carbonyl (C=O) groups excluding carboxylic acids is 2. The maximum atomic E-state index is 12.3. The lowest BCUT2D eigenvalue weighted by Crippen LogP contribution is -2.30. The first-order chi connectivity index (χ1) is 12.6. The van der Waals surface area contributed by atoms with Gasteiger partial charge >= 0.3 is 5.97 Å². The van der Waals surface area contributed by atoms with Crippen molar-refractivity contribution in [2.45, 2.75) is 32.6 Å². The summed E-state index contributed by atoms with van der Waals surface area (Å²) in [7, 11) is -3.15. The molecule has 27 heavy (non-hydrogen) atoms. The van der Waals surface area contributed by atoms with Crippen LogP contribution in [-0.2, 0) is 25.1 Å². The number of hydrogen-bond donors (Lipinski definition) is 1. The molecule has 2 aromatic carbocycles. The zero-order valence-electron chi connectivity index (χ0n) is 15.8. The Balaban J connectivity index is 2.01. The first-order valence-corrected chi connectivity index (χ1v) is 10.5. The molecule has 0 fully saturated rings. The molecule has 1 amide bonds. The Kier molecular flexibility index (Phi) is 6.38. The fourth-order valence-corrected chi connectivity index (χ4v) is 3.36. The summed E-state index contributed by atoms with van der Waals surface area (Å²) in [5.41, 5.74) is 3.37. The number of sulfone groups is 1. The van der Waals surface area contributed by atoms with E-state index in [4.69, 9.17) is 4.74 Å². The largest absolute Gasteiger partial charge is 0.449 e. The second-order valence-electron chi connectivity index (χ2n) is 6.57. The smallest absolute Gasteiger partial charge is 0.338 e. The quantitative estimate of drug-likeness (QED) is 0.767. The number of amides is 1. The number of anilines is 1. The summed E-state index contributed by atoms with van der Waals surface area (Å²) in [6, 6.07) is 11.8. The minimum Gasteiger partial charge on any atom is -0.449 e. The summed E-state index contributed by atoms with van der Waals surface area (Å²) in [4.78, 5) is 24.6. The van der Waals surface area contributed by atoms with Gasteiger partial charge in [0.25, 0.3) is 5.91 Å². The van der Waals surface area contributed by atoms with Crippen molar-refractivity contribution in [2.75, 3.05) is 11.6 Å². The number of aryl methyl sites for hydroxylation is 2. The topological polar surface area (TPSA) is 89.5 Å². The fourth-order valence-electron chi connectivity index (χ4n) is 2.56. The van der Waals surface area contributed by atoms with E-state index in [1.165, 1.54) is 19.1 Å². The van der Waals surface area contributed by atoms with E-state index in [1.807, 2.05) is 32.0 Å². The third-order valence-electron chi connectivity index (χ3n) is 4.00. The van der Waals surface area contributed by atoms with Crippen LogP contribution in [0, 0.1) is 13.8 Å². The van der Waals surface area contributed by atoms with Gasteiger partial charge in [0.2, 0.25) is 0 Å². The zero-order chi connectivity index (χ0) is 20.2. The summed E-state index contributed by atoms with van der Waals surface area (Å²) in [6.45, 7) is 5.27. The number of carbonyl (C=O) groups is 2. The Morgan fingerprint density at radius 3 is 2.11 bits per heavy atom. The third-order valence-corrected chi connectivity index (χ3v) is 4.86. The van der Waals surface area contributed by atoms with Crippen LogP contribution in [0.1, 0.15) is 34.0 Å². The van der Waals surface area contributed by atoms with E-state index in [2.05, 4.69) is 5.32 Å². The van der Waals surface area contributed by atoms with Gasteiger partial charge < -0.3 is 10.1 Å². The second kappa shape index (κ2) is 8.35. The lowest BCUT2D eigenvalue weighted by atomic mass is 10.1. The summed E-state index contributed by atoms with van der Waals surface area (Å²) in [5.74, 6) is -1.17. The van der Waals surface area contributed by atoms with Gasteiger partial charge in [0, 0.05) is 11.9 Å². The molecule has 1 unspecified atom stereocenters. The first-order valence-electron chi connectivity index (χ1n) is 8.41. The number of hydrogen-bond acceptors (Lipinski definition) is 5. The van der Waals surface area contributed by atoms with Crippen molar-refractivity contribution in [3.63, 3.8) is 0 Å². The molecular weight excluding hydrogens is 366 g/mol. The molecule has 0 saturated carbocycles. The predicted molar refractivity (Wildman–Crippen MR) is 104 cm³/mol. The zero-order valence-corrected chi connectivity index (χ0v) is 16.6. The van der Waals surface area contributed by atoms with E-state index < -0.39 is 27.8 Å². The third kappa shape index (κ3) is 5.92. The van der Waals surface area contributed by atoms with E-state index >= 15 is 0 Å². The summed E-state index contributed by atoms with van der Waals surface area (Å²) in [6.07, 6.45) is 0.165. The molecular formula is C20H23NO5S. The van der Waals surface area contributed by atoms with E-state index in [-0.39, 0.29) is 11.3 Å². The average Bonchev–Trinajstić information content (AvgIpc) is 2.57.